The van der Waals surface area contributed by atoms with Crippen LogP contribution in [0, 0.1) is 0 Å². The van der Waals surface area contributed by atoms with E-state index in [0.717, 1.165) is 30.0 Å². The normalized spacial score (nSPS) is 22.5. The van der Waals surface area contributed by atoms with E-state index in [1.807, 2.05) is 29.2 Å². The number of nitrogens with zero attached hydrogens (tertiary/aromatic N) is 3. The number of carbonyl (C=O) groups is 1. The predicted molar refractivity (Wildman–Crippen MR) is 90.3 cm³/mol. The second-order valence-corrected chi connectivity index (χ2v) is 6.44. The van der Waals surface area contributed by atoms with Crippen molar-refractivity contribution in [1.29, 1.82) is 0 Å². The van der Waals surface area contributed by atoms with E-state index in [2.05, 4.69) is 22.1 Å². The first-order valence-electron chi connectivity index (χ1n) is 8.79. The van der Waals surface area contributed by atoms with Crippen molar-refractivity contribution in [2.75, 3.05) is 26.3 Å². The minimum atomic E-state index is -0.280. The maximum atomic E-state index is 13.0. The molecule has 4 rings (SSSR count). The van der Waals surface area contributed by atoms with Crippen molar-refractivity contribution in [3.8, 4) is 5.75 Å². The van der Waals surface area contributed by atoms with E-state index in [9.17, 15) is 4.79 Å². The van der Waals surface area contributed by atoms with Crippen LogP contribution in [0.1, 0.15) is 42.6 Å². The summed E-state index contributed by atoms with van der Waals surface area (Å²) in [6, 6.07) is 7.75. The van der Waals surface area contributed by atoms with E-state index in [1.165, 1.54) is 0 Å². The number of morpholine rings is 1. The lowest BCUT2D eigenvalue weighted by Gasteiger charge is -2.33. The van der Waals surface area contributed by atoms with Gasteiger partial charge in [0.1, 0.15) is 30.2 Å². The lowest BCUT2D eigenvalue weighted by atomic mass is 9.99. The van der Waals surface area contributed by atoms with Crippen molar-refractivity contribution in [3.63, 3.8) is 0 Å². The van der Waals surface area contributed by atoms with Gasteiger partial charge in [0, 0.05) is 18.5 Å². The summed E-state index contributed by atoms with van der Waals surface area (Å²) < 4.78 is 11.5. The van der Waals surface area contributed by atoms with Crippen LogP contribution in [-0.4, -0.2) is 52.3 Å². The Morgan fingerprint density at radius 2 is 2.28 bits per heavy atom. The molecule has 132 valence electrons. The van der Waals surface area contributed by atoms with Gasteiger partial charge in [-0.2, -0.15) is 5.10 Å². The summed E-state index contributed by atoms with van der Waals surface area (Å²) in [5.41, 5.74) is 0.971. The van der Waals surface area contributed by atoms with Gasteiger partial charge < -0.3 is 14.4 Å². The third-order valence-electron chi connectivity index (χ3n) is 4.70. The van der Waals surface area contributed by atoms with Gasteiger partial charge in [0.05, 0.1) is 13.2 Å². The summed E-state index contributed by atoms with van der Waals surface area (Å²) in [6.07, 6.45) is 1.59. The molecule has 1 aromatic carbocycles. The number of aromatic amines is 1. The van der Waals surface area contributed by atoms with Crippen molar-refractivity contribution in [2.24, 2.45) is 0 Å². The molecule has 25 heavy (non-hydrogen) atoms. The summed E-state index contributed by atoms with van der Waals surface area (Å²) in [5, 5.41) is 7.21. The van der Waals surface area contributed by atoms with Crippen LogP contribution >= 0.6 is 0 Å². The smallest absolute Gasteiger partial charge is 0.233 e. The Bertz CT molecular complexity index is 760. The predicted octanol–water partition coefficient (Wildman–Crippen LogP) is 1.83. The monoisotopic (exact) mass is 342 g/mol. The lowest BCUT2D eigenvalue weighted by molar-refractivity contribution is -0.141. The van der Waals surface area contributed by atoms with Crippen LogP contribution in [0.5, 0.6) is 5.75 Å². The third-order valence-corrected chi connectivity index (χ3v) is 4.70. The Kier molecular flexibility index (Phi) is 4.40. The molecule has 1 aromatic heterocycles. The zero-order valence-corrected chi connectivity index (χ0v) is 14.3. The number of aryl methyl sites for hydroxylation is 1. The van der Waals surface area contributed by atoms with E-state index in [0.29, 0.717) is 32.1 Å². The molecule has 1 N–H and O–H groups in total. The molecular formula is C18H22N4O3. The maximum Gasteiger partial charge on any atom is 0.233 e. The molecule has 1 amide bonds. The van der Waals surface area contributed by atoms with Gasteiger partial charge in [-0.05, 0) is 12.5 Å². The van der Waals surface area contributed by atoms with Gasteiger partial charge in [0.2, 0.25) is 5.91 Å². The fourth-order valence-electron chi connectivity index (χ4n) is 3.40. The number of nitrogens with one attached hydrogen (secondary N) is 1. The van der Waals surface area contributed by atoms with Crippen LogP contribution in [0.15, 0.2) is 24.3 Å². The molecule has 2 aromatic rings. The number of para-hydroxylation sites is 1. The molecule has 0 radical (unpaired) electrons. The van der Waals surface area contributed by atoms with Gasteiger partial charge in [0.25, 0.3) is 0 Å². The second-order valence-electron chi connectivity index (χ2n) is 6.44. The molecule has 0 bridgehead atoms. The molecular weight excluding hydrogens is 320 g/mol. The number of H-pyrrole nitrogens is 1. The van der Waals surface area contributed by atoms with Crippen molar-refractivity contribution >= 4 is 5.91 Å². The first-order chi connectivity index (χ1) is 12.3. The molecule has 2 atom stereocenters. The Morgan fingerprint density at radius 1 is 1.40 bits per heavy atom. The van der Waals surface area contributed by atoms with Crippen LogP contribution in [0.2, 0.25) is 0 Å². The van der Waals surface area contributed by atoms with Gasteiger partial charge in [0.15, 0.2) is 5.82 Å². The van der Waals surface area contributed by atoms with E-state index >= 15 is 0 Å². The highest BCUT2D eigenvalue weighted by molar-refractivity contribution is 5.85. The maximum absolute atomic E-state index is 13.0. The number of aromatic nitrogens is 3. The van der Waals surface area contributed by atoms with Crippen molar-refractivity contribution < 1.29 is 14.3 Å². The molecule has 7 heteroatoms. The number of hydrogen-bond donors (Lipinski definition) is 1. The molecule has 0 saturated carbocycles. The third kappa shape index (κ3) is 3.11. The van der Waals surface area contributed by atoms with Crippen LogP contribution in [-0.2, 0) is 16.0 Å². The minimum absolute atomic E-state index is 0.0857. The molecule has 0 unspecified atom stereocenters. The first-order valence-corrected chi connectivity index (χ1v) is 8.79. The summed E-state index contributed by atoms with van der Waals surface area (Å²) in [6.45, 7) is 4.05. The number of fused-ring (bicyclic) bond motifs is 1. The average Bonchev–Trinajstić information content (AvgIpc) is 3.29. The van der Waals surface area contributed by atoms with Crippen LogP contribution in [0.25, 0.3) is 0 Å². The van der Waals surface area contributed by atoms with E-state index in [4.69, 9.17) is 9.47 Å². The van der Waals surface area contributed by atoms with Gasteiger partial charge in [-0.25, -0.2) is 4.98 Å². The molecule has 3 heterocycles. The van der Waals surface area contributed by atoms with E-state index in [-0.39, 0.29) is 17.9 Å². The van der Waals surface area contributed by atoms with Crippen LogP contribution in [0.4, 0.5) is 0 Å². The van der Waals surface area contributed by atoms with Crippen LogP contribution < -0.4 is 4.74 Å². The largest absolute Gasteiger partial charge is 0.492 e. The van der Waals surface area contributed by atoms with Gasteiger partial charge >= 0.3 is 0 Å². The topological polar surface area (TPSA) is 80.3 Å². The zero-order chi connectivity index (χ0) is 17.2. The number of hydrogen-bond acceptors (Lipinski definition) is 5. The number of benzene rings is 1. The standard InChI is InChI=1S/C18H22N4O3/c1-2-5-16-19-17(21-20-16)15-10-22(8-9-24-15)18(23)13-11-25-14-7-4-3-6-12(13)14/h3-4,6-7,13,15H,2,5,8-11H2,1H3,(H,19,20,21)/t13-,15-/m0/s1. The fraction of sp³-hybridized carbons (Fsp3) is 0.500. The summed E-state index contributed by atoms with van der Waals surface area (Å²) in [7, 11) is 0. The number of rotatable bonds is 4. The van der Waals surface area contributed by atoms with Gasteiger partial charge in [-0.3, -0.25) is 9.89 Å². The Hall–Kier alpha value is -2.41. The number of carbonyl (C=O) groups excluding carboxylic acids is 1. The van der Waals surface area contributed by atoms with Gasteiger partial charge in [-0.1, -0.05) is 25.1 Å². The quantitative estimate of drug-likeness (QED) is 0.917. The molecule has 1 fully saturated rings. The van der Waals surface area contributed by atoms with Crippen molar-refractivity contribution in [3.05, 3.63) is 41.5 Å². The number of ether oxygens (including phenoxy) is 2. The summed E-state index contributed by atoms with van der Waals surface area (Å²) in [4.78, 5) is 19.3. The molecule has 2 aliphatic heterocycles. The molecule has 1 saturated heterocycles. The fourth-order valence-corrected chi connectivity index (χ4v) is 3.40. The summed E-state index contributed by atoms with van der Waals surface area (Å²) >= 11 is 0. The van der Waals surface area contributed by atoms with Gasteiger partial charge in [-0.15, -0.1) is 0 Å². The highest BCUT2D eigenvalue weighted by Crippen LogP contribution is 2.35. The summed E-state index contributed by atoms with van der Waals surface area (Å²) in [5.74, 6) is 2.15. The Morgan fingerprint density at radius 3 is 3.16 bits per heavy atom. The Balaban J connectivity index is 1.47. The Labute approximate surface area is 146 Å². The first kappa shape index (κ1) is 16.1. The highest BCUT2D eigenvalue weighted by Gasteiger charge is 2.36. The zero-order valence-electron chi connectivity index (χ0n) is 14.3. The molecule has 2 aliphatic rings. The van der Waals surface area contributed by atoms with E-state index in [1.54, 1.807) is 0 Å². The van der Waals surface area contributed by atoms with Crippen LogP contribution in [0.3, 0.4) is 0 Å². The average molecular weight is 342 g/mol. The lowest BCUT2D eigenvalue weighted by Crippen LogP contribution is -2.45. The number of amides is 1. The molecule has 0 aliphatic carbocycles. The van der Waals surface area contributed by atoms with E-state index < -0.39 is 0 Å². The molecule has 0 spiro atoms. The molecule has 7 nitrogen and oxygen atoms in total. The second kappa shape index (κ2) is 6.84. The SMILES string of the molecule is CCCc1nc([C@@H]2CN(C(=O)[C@H]3COc4ccccc43)CCO2)n[nH]1. The van der Waals surface area contributed by atoms with Crippen molar-refractivity contribution in [2.45, 2.75) is 31.8 Å². The highest BCUT2D eigenvalue weighted by atomic mass is 16.5. The minimum Gasteiger partial charge on any atom is -0.492 e. The van der Waals surface area contributed by atoms with Crippen molar-refractivity contribution in [1.82, 2.24) is 20.1 Å².